The zero-order valence-electron chi connectivity index (χ0n) is 7.85. The lowest BCUT2D eigenvalue weighted by Gasteiger charge is -2.00. The van der Waals surface area contributed by atoms with Gasteiger partial charge in [0.1, 0.15) is 5.82 Å². The van der Waals surface area contributed by atoms with Crippen molar-refractivity contribution >= 4 is 5.78 Å². The van der Waals surface area contributed by atoms with Gasteiger partial charge in [-0.15, -0.1) is 0 Å². The van der Waals surface area contributed by atoms with Crippen molar-refractivity contribution in [1.29, 1.82) is 0 Å². The van der Waals surface area contributed by atoms with Crippen molar-refractivity contribution in [2.75, 3.05) is 0 Å². The molecule has 74 valence electrons. The highest BCUT2D eigenvalue weighted by atomic mass is 19.1. The number of hydrogen-bond acceptors (Lipinski definition) is 2. The summed E-state index contributed by atoms with van der Waals surface area (Å²) < 4.78 is 12.9. The first-order valence-corrected chi connectivity index (χ1v) is 4.47. The summed E-state index contributed by atoms with van der Waals surface area (Å²) >= 11 is 0. The van der Waals surface area contributed by atoms with Crippen LogP contribution in [0.3, 0.4) is 0 Å². The molecular formula is C12H8FNO. The molecule has 0 atom stereocenters. The molecule has 0 aliphatic carbocycles. The summed E-state index contributed by atoms with van der Waals surface area (Å²) in [6, 6.07) is 8.85. The average Bonchev–Trinajstić information content (AvgIpc) is 2.29. The number of halogens is 1. The molecule has 0 aliphatic rings. The number of carbonyl (C=O) groups excluding carboxylic acids is 1. The molecule has 0 unspecified atom stereocenters. The Balaban J connectivity index is 2.37. The van der Waals surface area contributed by atoms with Crippen molar-refractivity contribution < 1.29 is 9.18 Å². The van der Waals surface area contributed by atoms with Gasteiger partial charge in [-0.25, -0.2) is 4.39 Å². The first-order valence-electron chi connectivity index (χ1n) is 4.47. The molecule has 15 heavy (non-hydrogen) atoms. The van der Waals surface area contributed by atoms with E-state index in [0.717, 1.165) is 0 Å². The predicted octanol–water partition coefficient (Wildman–Crippen LogP) is 2.45. The summed E-state index contributed by atoms with van der Waals surface area (Å²) in [5.41, 5.74) is 0.858. The Bertz CT molecular complexity index is 482. The maximum absolute atomic E-state index is 12.9. The highest BCUT2D eigenvalue weighted by Gasteiger charge is 2.08. The Morgan fingerprint density at radius 2 is 1.80 bits per heavy atom. The van der Waals surface area contributed by atoms with Crippen LogP contribution in [-0.2, 0) is 0 Å². The Morgan fingerprint density at radius 1 is 1.07 bits per heavy atom. The lowest BCUT2D eigenvalue weighted by atomic mass is 10.0. The Labute approximate surface area is 86.4 Å². The number of nitrogens with zero attached hydrogens (tertiary/aromatic N) is 1. The van der Waals surface area contributed by atoms with Gasteiger partial charge in [-0.2, -0.15) is 0 Å². The van der Waals surface area contributed by atoms with E-state index in [4.69, 9.17) is 0 Å². The van der Waals surface area contributed by atoms with E-state index in [0.29, 0.717) is 11.1 Å². The number of rotatable bonds is 2. The van der Waals surface area contributed by atoms with Crippen molar-refractivity contribution in [1.82, 2.24) is 4.98 Å². The van der Waals surface area contributed by atoms with Crippen LogP contribution in [0.15, 0.2) is 48.8 Å². The second kappa shape index (κ2) is 4.00. The first kappa shape index (κ1) is 9.52. The maximum Gasteiger partial charge on any atom is 0.193 e. The minimum Gasteiger partial charge on any atom is -0.289 e. The fourth-order valence-corrected chi connectivity index (χ4v) is 1.30. The number of pyridine rings is 1. The van der Waals surface area contributed by atoms with Gasteiger partial charge in [0, 0.05) is 23.5 Å². The lowest BCUT2D eigenvalue weighted by Crippen LogP contribution is -2.01. The fourth-order valence-electron chi connectivity index (χ4n) is 1.30. The highest BCUT2D eigenvalue weighted by Crippen LogP contribution is 2.10. The van der Waals surface area contributed by atoms with E-state index in [2.05, 4.69) is 4.98 Å². The van der Waals surface area contributed by atoms with E-state index in [1.54, 1.807) is 18.2 Å². The number of benzene rings is 1. The van der Waals surface area contributed by atoms with E-state index >= 15 is 0 Å². The van der Waals surface area contributed by atoms with Crippen LogP contribution in [-0.4, -0.2) is 10.8 Å². The number of aromatic nitrogens is 1. The van der Waals surface area contributed by atoms with E-state index in [1.165, 1.54) is 30.6 Å². The molecule has 0 amide bonds. The molecule has 0 aliphatic heterocycles. The van der Waals surface area contributed by atoms with Crippen LogP contribution in [0.4, 0.5) is 4.39 Å². The molecule has 2 rings (SSSR count). The monoisotopic (exact) mass is 201 g/mol. The lowest BCUT2D eigenvalue weighted by molar-refractivity contribution is 0.103. The Hall–Kier alpha value is -2.03. The largest absolute Gasteiger partial charge is 0.289 e. The number of carbonyl (C=O) groups is 1. The molecule has 2 aromatic rings. The molecule has 1 aromatic carbocycles. The van der Waals surface area contributed by atoms with Crippen LogP contribution in [0, 0.1) is 5.82 Å². The Kier molecular flexibility index (Phi) is 2.54. The molecule has 1 aromatic heterocycles. The zero-order chi connectivity index (χ0) is 10.7. The summed E-state index contributed by atoms with van der Waals surface area (Å²) in [6.45, 7) is 0. The normalized spacial score (nSPS) is 9.93. The maximum atomic E-state index is 12.9. The third-order valence-electron chi connectivity index (χ3n) is 2.03. The standard InChI is InChI=1S/C12H8FNO/c13-11-3-1-2-10(8-11)12(15)9-4-6-14-7-5-9/h1-8H. The number of hydrogen-bond donors (Lipinski definition) is 0. The van der Waals surface area contributed by atoms with E-state index in [-0.39, 0.29) is 5.78 Å². The first-order chi connectivity index (χ1) is 7.27. The molecule has 2 nitrogen and oxygen atoms in total. The van der Waals surface area contributed by atoms with Crippen LogP contribution in [0.2, 0.25) is 0 Å². The summed E-state index contributed by atoms with van der Waals surface area (Å²) in [6.07, 6.45) is 3.07. The molecule has 0 bridgehead atoms. The average molecular weight is 201 g/mol. The van der Waals surface area contributed by atoms with Crippen LogP contribution in [0.1, 0.15) is 15.9 Å². The van der Waals surface area contributed by atoms with Gasteiger partial charge >= 0.3 is 0 Å². The van der Waals surface area contributed by atoms with Crippen molar-refractivity contribution in [3.8, 4) is 0 Å². The Morgan fingerprint density at radius 3 is 2.47 bits per heavy atom. The SMILES string of the molecule is O=C(c1ccncc1)c1cccc(F)c1. The van der Waals surface area contributed by atoms with Crippen molar-refractivity contribution in [2.45, 2.75) is 0 Å². The summed E-state index contributed by atoms with van der Waals surface area (Å²) in [5, 5.41) is 0. The van der Waals surface area contributed by atoms with Gasteiger partial charge in [-0.05, 0) is 24.3 Å². The van der Waals surface area contributed by atoms with Gasteiger partial charge in [-0.3, -0.25) is 9.78 Å². The van der Waals surface area contributed by atoms with Crippen molar-refractivity contribution in [3.63, 3.8) is 0 Å². The molecule has 3 heteroatoms. The van der Waals surface area contributed by atoms with Gasteiger partial charge in [0.2, 0.25) is 0 Å². The molecular weight excluding hydrogens is 193 g/mol. The molecule has 0 saturated carbocycles. The van der Waals surface area contributed by atoms with Crippen LogP contribution in [0.25, 0.3) is 0 Å². The van der Waals surface area contributed by atoms with E-state index in [9.17, 15) is 9.18 Å². The molecule has 0 radical (unpaired) electrons. The molecule has 0 N–H and O–H groups in total. The fraction of sp³-hybridized carbons (Fsp3) is 0. The molecule has 0 saturated heterocycles. The quantitative estimate of drug-likeness (QED) is 0.698. The molecule has 0 fully saturated rings. The minimum atomic E-state index is -0.407. The van der Waals surface area contributed by atoms with Gasteiger partial charge < -0.3 is 0 Å². The van der Waals surface area contributed by atoms with Crippen LogP contribution < -0.4 is 0 Å². The van der Waals surface area contributed by atoms with Gasteiger partial charge in [-0.1, -0.05) is 12.1 Å². The summed E-state index contributed by atoms with van der Waals surface area (Å²) in [4.78, 5) is 15.6. The van der Waals surface area contributed by atoms with E-state index < -0.39 is 5.82 Å². The minimum absolute atomic E-state index is 0.197. The second-order valence-electron chi connectivity index (χ2n) is 3.08. The smallest absolute Gasteiger partial charge is 0.193 e. The predicted molar refractivity (Wildman–Crippen MR) is 54.1 cm³/mol. The molecule has 1 heterocycles. The van der Waals surface area contributed by atoms with E-state index in [1.807, 2.05) is 0 Å². The second-order valence-corrected chi connectivity index (χ2v) is 3.08. The van der Waals surface area contributed by atoms with Crippen molar-refractivity contribution in [2.24, 2.45) is 0 Å². The number of ketones is 1. The van der Waals surface area contributed by atoms with Crippen LogP contribution in [0.5, 0.6) is 0 Å². The van der Waals surface area contributed by atoms with Gasteiger partial charge in [0.15, 0.2) is 5.78 Å². The van der Waals surface area contributed by atoms with Gasteiger partial charge in [0.25, 0.3) is 0 Å². The summed E-state index contributed by atoms with van der Waals surface area (Å²) in [7, 11) is 0. The van der Waals surface area contributed by atoms with Crippen LogP contribution >= 0.6 is 0 Å². The third-order valence-corrected chi connectivity index (χ3v) is 2.03. The summed E-state index contributed by atoms with van der Waals surface area (Å²) in [5.74, 6) is -0.605. The zero-order valence-corrected chi connectivity index (χ0v) is 7.85. The van der Waals surface area contributed by atoms with Crippen molar-refractivity contribution in [3.05, 3.63) is 65.7 Å². The topological polar surface area (TPSA) is 30.0 Å². The van der Waals surface area contributed by atoms with Gasteiger partial charge in [0.05, 0.1) is 0 Å². The third kappa shape index (κ3) is 2.07. The highest BCUT2D eigenvalue weighted by molar-refractivity contribution is 6.08. The molecule has 0 spiro atoms.